The van der Waals surface area contributed by atoms with Gasteiger partial charge in [-0.1, -0.05) is 0 Å². The second kappa shape index (κ2) is 4.48. The molecule has 4 nitrogen and oxygen atoms in total. The molecule has 1 amide bonds. The molecule has 1 heterocycles. The van der Waals surface area contributed by atoms with Crippen LogP contribution in [0.25, 0.3) is 0 Å². The van der Waals surface area contributed by atoms with Crippen molar-refractivity contribution in [2.75, 3.05) is 13.1 Å². The number of carbonyl (C=O) groups is 1. The molecule has 0 spiro atoms. The van der Waals surface area contributed by atoms with Crippen molar-refractivity contribution in [3.63, 3.8) is 0 Å². The second-order valence-corrected chi connectivity index (χ2v) is 6.38. The summed E-state index contributed by atoms with van der Waals surface area (Å²) in [7, 11) is 0. The van der Waals surface area contributed by atoms with Crippen LogP contribution in [0.1, 0.15) is 40.0 Å². The van der Waals surface area contributed by atoms with Gasteiger partial charge in [0, 0.05) is 19.1 Å². The standard InChI is InChI=1S/C13H24N2O2/c1-13(2,3)17-12(16)15-7-6-9-4-5-11(14)10(9)8-15/h9-11H,4-8,14H2,1-3H3/t9-,10+,11?/m0/s1. The first-order valence-electron chi connectivity index (χ1n) is 6.60. The lowest BCUT2D eigenvalue weighted by molar-refractivity contribution is 0.0119. The zero-order chi connectivity index (χ0) is 12.6. The van der Waals surface area contributed by atoms with Crippen molar-refractivity contribution in [2.45, 2.75) is 51.7 Å². The highest BCUT2D eigenvalue weighted by Crippen LogP contribution is 2.37. The lowest BCUT2D eigenvalue weighted by Gasteiger charge is -2.37. The minimum Gasteiger partial charge on any atom is -0.444 e. The van der Waals surface area contributed by atoms with Crippen LogP contribution in [-0.4, -0.2) is 35.7 Å². The van der Waals surface area contributed by atoms with Gasteiger partial charge in [0.15, 0.2) is 0 Å². The fourth-order valence-corrected chi connectivity index (χ4v) is 2.99. The quantitative estimate of drug-likeness (QED) is 0.704. The molecular formula is C13H24N2O2. The van der Waals surface area contributed by atoms with Crippen LogP contribution in [0.3, 0.4) is 0 Å². The molecular weight excluding hydrogens is 216 g/mol. The summed E-state index contributed by atoms with van der Waals surface area (Å²) in [6.07, 6.45) is 3.23. The second-order valence-electron chi connectivity index (χ2n) is 6.38. The average molecular weight is 240 g/mol. The minimum atomic E-state index is -0.411. The van der Waals surface area contributed by atoms with Crippen molar-refractivity contribution in [1.29, 1.82) is 0 Å². The number of ether oxygens (including phenoxy) is 1. The van der Waals surface area contributed by atoms with E-state index in [0.717, 1.165) is 31.8 Å². The van der Waals surface area contributed by atoms with E-state index in [4.69, 9.17) is 10.5 Å². The lowest BCUT2D eigenvalue weighted by Crippen LogP contribution is -2.48. The van der Waals surface area contributed by atoms with E-state index in [-0.39, 0.29) is 12.1 Å². The van der Waals surface area contributed by atoms with Crippen LogP contribution < -0.4 is 5.73 Å². The summed E-state index contributed by atoms with van der Waals surface area (Å²) >= 11 is 0. The van der Waals surface area contributed by atoms with Crippen molar-refractivity contribution in [3.05, 3.63) is 0 Å². The van der Waals surface area contributed by atoms with Crippen LogP contribution in [0.2, 0.25) is 0 Å². The van der Waals surface area contributed by atoms with Gasteiger partial charge in [-0.15, -0.1) is 0 Å². The van der Waals surface area contributed by atoms with E-state index in [0.29, 0.717) is 5.92 Å². The Morgan fingerprint density at radius 2 is 2.00 bits per heavy atom. The van der Waals surface area contributed by atoms with Crippen LogP contribution in [0.4, 0.5) is 4.79 Å². The van der Waals surface area contributed by atoms with Crippen molar-refractivity contribution < 1.29 is 9.53 Å². The number of piperidine rings is 1. The molecule has 1 aliphatic heterocycles. The number of fused-ring (bicyclic) bond motifs is 1. The molecule has 17 heavy (non-hydrogen) atoms. The molecule has 3 atom stereocenters. The molecule has 0 aromatic carbocycles. The predicted molar refractivity (Wildman–Crippen MR) is 66.6 cm³/mol. The summed E-state index contributed by atoms with van der Waals surface area (Å²) in [6.45, 7) is 7.31. The number of likely N-dealkylation sites (tertiary alicyclic amines) is 1. The Hall–Kier alpha value is -0.770. The van der Waals surface area contributed by atoms with Crippen LogP contribution in [0.5, 0.6) is 0 Å². The Kier molecular flexibility index (Phi) is 3.34. The van der Waals surface area contributed by atoms with Crippen molar-refractivity contribution in [1.82, 2.24) is 4.90 Å². The molecule has 0 bridgehead atoms. The first-order valence-corrected chi connectivity index (χ1v) is 6.60. The van der Waals surface area contributed by atoms with E-state index in [1.54, 1.807) is 0 Å². The molecule has 1 saturated heterocycles. The third-order valence-corrected chi connectivity index (χ3v) is 3.88. The van der Waals surface area contributed by atoms with Gasteiger partial charge in [0.05, 0.1) is 0 Å². The normalized spacial score (nSPS) is 33.4. The number of carbonyl (C=O) groups excluding carboxylic acids is 1. The van der Waals surface area contributed by atoms with Gasteiger partial charge in [0.1, 0.15) is 5.60 Å². The van der Waals surface area contributed by atoms with Gasteiger partial charge in [-0.3, -0.25) is 0 Å². The topological polar surface area (TPSA) is 55.6 Å². The molecule has 1 saturated carbocycles. The van der Waals surface area contributed by atoms with Gasteiger partial charge in [0.25, 0.3) is 0 Å². The van der Waals surface area contributed by atoms with Crippen LogP contribution >= 0.6 is 0 Å². The highest BCUT2D eigenvalue weighted by atomic mass is 16.6. The monoisotopic (exact) mass is 240 g/mol. The molecule has 2 N–H and O–H groups in total. The van der Waals surface area contributed by atoms with E-state index >= 15 is 0 Å². The van der Waals surface area contributed by atoms with Gasteiger partial charge in [-0.25, -0.2) is 4.79 Å². The van der Waals surface area contributed by atoms with Gasteiger partial charge in [0.2, 0.25) is 0 Å². The molecule has 2 aliphatic rings. The van der Waals surface area contributed by atoms with Gasteiger partial charge < -0.3 is 15.4 Å². The molecule has 0 aromatic rings. The molecule has 2 fully saturated rings. The average Bonchev–Trinajstić information content (AvgIpc) is 2.57. The van der Waals surface area contributed by atoms with E-state index in [1.165, 1.54) is 6.42 Å². The molecule has 0 radical (unpaired) electrons. The zero-order valence-electron chi connectivity index (χ0n) is 11.1. The lowest BCUT2D eigenvalue weighted by atomic mass is 9.87. The van der Waals surface area contributed by atoms with E-state index in [2.05, 4.69) is 0 Å². The first kappa shape index (κ1) is 12.7. The Labute approximate surface area is 103 Å². The van der Waals surface area contributed by atoms with E-state index in [1.807, 2.05) is 25.7 Å². The summed E-state index contributed by atoms with van der Waals surface area (Å²) < 4.78 is 5.41. The first-order chi connectivity index (χ1) is 7.87. The van der Waals surface area contributed by atoms with Crippen molar-refractivity contribution in [2.24, 2.45) is 17.6 Å². The molecule has 0 aromatic heterocycles. The Morgan fingerprint density at radius 1 is 1.29 bits per heavy atom. The van der Waals surface area contributed by atoms with Crippen LogP contribution in [-0.2, 0) is 4.74 Å². The molecule has 4 heteroatoms. The number of nitrogens with two attached hydrogens (primary N) is 1. The van der Waals surface area contributed by atoms with Crippen LogP contribution in [0, 0.1) is 11.8 Å². The number of hydrogen-bond acceptors (Lipinski definition) is 3. The largest absolute Gasteiger partial charge is 0.444 e. The van der Waals surface area contributed by atoms with Crippen molar-refractivity contribution in [3.8, 4) is 0 Å². The zero-order valence-corrected chi connectivity index (χ0v) is 11.1. The summed E-state index contributed by atoms with van der Waals surface area (Å²) in [5, 5.41) is 0. The van der Waals surface area contributed by atoms with Gasteiger partial charge >= 0.3 is 6.09 Å². The number of nitrogens with zero attached hydrogens (tertiary/aromatic N) is 1. The fraction of sp³-hybridized carbons (Fsp3) is 0.923. The molecule has 1 unspecified atom stereocenters. The Morgan fingerprint density at radius 3 is 2.65 bits per heavy atom. The van der Waals surface area contributed by atoms with Crippen molar-refractivity contribution >= 4 is 6.09 Å². The summed E-state index contributed by atoms with van der Waals surface area (Å²) in [4.78, 5) is 13.8. The molecule has 1 aliphatic carbocycles. The maximum Gasteiger partial charge on any atom is 0.410 e. The number of amides is 1. The summed E-state index contributed by atoms with van der Waals surface area (Å²) in [5.74, 6) is 1.21. The fourth-order valence-electron chi connectivity index (χ4n) is 2.99. The van der Waals surface area contributed by atoms with E-state index in [9.17, 15) is 4.79 Å². The van der Waals surface area contributed by atoms with Gasteiger partial charge in [-0.2, -0.15) is 0 Å². The maximum atomic E-state index is 12.0. The number of rotatable bonds is 0. The SMILES string of the molecule is CC(C)(C)OC(=O)N1CC[C@@H]2CCC(N)[C@@H]2C1. The van der Waals surface area contributed by atoms with E-state index < -0.39 is 5.60 Å². The summed E-state index contributed by atoms with van der Waals surface area (Å²) in [5.41, 5.74) is 5.69. The highest BCUT2D eigenvalue weighted by molar-refractivity contribution is 5.68. The maximum absolute atomic E-state index is 12.0. The highest BCUT2D eigenvalue weighted by Gasteiger charge is 2.40. The molecule has 98 valence electrons. The Balaban J connectivity index is 1.93. The number of hydrogen-bond donors (Lipinski definition) is 1. The third-order valence-electron chi connectivity index (χ3n) is 3.88. The van der Waals surface area contributed by atoms with Gasteiger partial charge in [-0.05, 0) is 51.9 Å². The smallest absolute Gasteiger partial charge is 0.410 e. The van der Waals surface area contributed by atoms with Crippen LogP contribution in [0.15, 0.2) is 0 Å². The minimum absolute atomic E-state index is 0.185. The third kappa shape index (κ3) is 2.92. The predicted octanol–water partition coefficient (Wildman–Crippen LogP) is 1.98. The molecule has 2 rings (SSSR count). The summed E-state index contributed by atoms with van der Waals surface area (Å²) in [6, 6.07) is 0.269. The Bertz CT molecular complexity index is 298.